The summed E-state index contributed by atoms with van der Waals surface area (Å²) in [5.74, 6) is 1.24. The second-order valence-electron chi connectivity index (χ2n) is 6.45. The number of carbonyl (C=O) groups is 1. The third kappa shape index (κ3) is 2.27. The van der Waals surface area contributed by atoms with Crippen LogP contribution in [0.2, 0.25) is 0 Å². The number of likely N-dealkylation sites (tertiary alicyclic amines) is 2. The molecule has 1 saturated carbocycles. The number of fused-ring (bicyclic) bond motifs is 1. The minimum absolute atomic E-state index is 0.325. The topological polar surface area (TPSA) is 36.4 Å². The van der Waals surface area contributed by atoms with Crippen molar-refractivity contribution in [1.29, 1.82) is 0 Å². The number of amides is 1. The van der Waals surface area contributed by atoms with Crippen LogP contribution in [-0.2, 0) is 11.3 Å². The van der Waals surface area contributed by atoms with E-state index < -0.39 is 0 Å². The zero-order valence-corrected chi connectivity index (χ0v) is 12.7. The van der Waals surface area contributed by atoms with Crippen LogP contribution in [0.5, 0.6) is 0 Å². The highest BCUT2D eigenvalue weighted by atomic mass is 32.1. The summed E-state index contributed by atoms with van der Waals surface area (Å²) in [5.41, 5.74) is 1.06. The van der Waals surface area contributed by atoms with Crippen molar-refractivity contribution in [1.82, 2.24) is 14.8 Å². The molecule has 3 fully saturated rings. The van der Waals surface area contributed by atoms with Gasteiger partial charge in [-0.3, -0.25) is 9.69 Å². The molecule has 108 valence electrons. The fourth-order valence-electron chi connectivity index (χ4n) is 3.73. The molecule has 2 saturated heterocycles. The summed E-state index contributed by atoms with van der Waals surface area (Å²) in [6, 6.07) is 0.908. The van der Waals surface area contributed by atoms with Crippen LogP contribution < -0.4 is 0 Å². The molecule has 3 heterocycles. The lowest BCUT2D eigenvalue weighted by Gasteiger charge is -2.25. The molecule has 1 aromatic rings. The SMILES string of the molecule is Cc1nc(CN2C(=O)C[C@@H]3[C@@H]2CCN3CC2CC2)cs1. The first-order valence-corrected chi connectivity index (χ1v) is 8.53. The van der Waals surface area contributed by atoms with E-state index in [0.29, 0.717) is 24.5 Å². The van der Waals surface area contributed by atoms with Gasteiger partial charge in [-0.25, -0.2) is 4.98 Å². The van der Waals surface area contributed by atoms with E-state index in [1.165, 1.54) is 25.9 Å². The molecular formula is C15H21N3OS. The second kappa shape index (κ2) is 4.81. The number of aryl methyl sites for hydroxylation is 1. The van der Waals surface area contributed by atoms with E-state index in [9.17, 15) is 4.79 Å². The minimum Gasteiger partial charge on any atom is -0.332 e. The normalized spacial score (nSPS) is 30.2. The number of thiazole rings is 1. The molecule has 0 N–H and O–H groups in total. The molecule has 1 amide bonds. The van der Waals surface area contributed by atoms with Gasteiger partial charge in [-0.05, 0) is 32.1 Å². The lowest BCUT2D eigenvalue weighted by Crippen LogP contribution is -2.37. The Bertz CT molecular complexity index is 525. The maximum absolute atomic E-state index is 12.3. The Kier molecular flexibility index (Phi) is 3.07. The number of aromatic nitrogens is 1. The molecule has 0 radical (unpaired) electrons. The van der Waals surface area contributed by atoms with Gasteiger partial charge >= 0.3 is 0 Å². The van der Waals surface area contributed by atoms with Crippen LogP contribution >= 0.6 is 11.3 Å². The first kappa shape index (κ1) is 12.8. The quantitative estimate of drug-likeness (QED) is 0.852. The summed E-state index contributed by atoms with van der Waals surface area (Å²) in [6.45, 7) is 5.13. The van der Waals surface area contributed by atoms with Crippen molar-refractivity contribution in [3.8, 4) is 0 Å². The van der Waals surface area contributed by atoms with Gasteiger partial charge in [0.05, 0.1) is 17.2 Å². The molecule has 5 heteroatoms. The number of rotatable bonds is 4. The molecule has 3 aliphatic rings. The van der Waals surface area contributed by atoms with Crippen molar-refractivity contribution in [3.63, 3.8) is 0 Å². The average molecular weight is 291 g/mol. The van der Waals surface area contributed by atoms with Gasteiger partial charge in [-0.1, -0.05) is 0 Å². The predicted octanol–water partition coefficient (Wildman–Crippen LogP) is 2.04. The summed E-state index contributed by atoms with van der Waals surface area (Å²) < 4.78 is 0. The van der Waals surface area contributed by atoms with Crippen molar-refractivity contribution < 1.29 is 4.79 Å². The van der Waals surface area contributed by atoms with Crippen molar-refractivity contribution in [2.45, 2.75) is 51.2 Å². The van der Waals surface area contributed by atoms with Crippen LogP contribution in [0.15, 0.2) is 5.38 Å². The lowest BCUT2D eigenvalue weighted by atomic mass is 10.1. The Morgan fingerprint density at radius 3 is 2.90 bits per heavy atom. The molecule has 0 aromatic carbocycles. The molecule has 4 nitrogen and oxygen atoms in total. The Labute approximate surface area is 123 Å². The largest absolute Gasteiger partial charge is 0.332 e. The van der Waals surface area contributed by atoms with Crippen LogP contribution in [-0.4, -0.2) is 45.9 Å². The van der Waals surface area contributed by atoms with Gasteiger partial charge in [-0.15, -0.1) is 11.3 Å². The average Bonchev–Trinajstić information content (AvgIpc) is 2.89. The zero-order chi connectivity index (χ0) is 13.7. The molecule has 0 spiro atoms. The van der Waals surface area contributed by atoms with E-state index in [-0.39, 0.29) is 0 Å². The summed E-state index contributed by atoms with van der Waals surface area (Å²) in [6.07, 6.45) is 4.65. The number of nitrogens with zero attached hydrogens (tertiary/aromatic N) is 3. The van der Waals surface area contributed by atoms with Crippen LogP contribution in [0.3, 0.4) is 0 Å². The van der Waals surface area contributed by atoms with Crippen LogP contribution in [0, 0.1) is 12.8 Å². The maximum atomic E-state index is 12.3. The summed E-state index contributed by atoms with van der Waals surface area (Å²) in [5, 5.41) is 3.18. The molecule has 0 bridgehead atoms. The molecule has 4 rings (SSSR count). The fourth-order valence-corrected chi connectivity index (χ4v) is 4.33. The van der Waals surface area contributed by atoms with Gasteiger partial charge in [0.25, 0.3) is 0 Å². The molecule has 1 aromatic heterocycles. The molecule has 0 unspecified atom stereocenters. The molecular weight excluding hydrogens is 270 g/mol. The Balaban J connectivity index is 1.46. The Hall–Kier alpha value is -0.940. The van der Waals surface area contributed by atoms with Crippen molar-refractivity contribution in [3.05, 3.63) is 16.1 Å². The van der Waals surface area contributed by atoms with E-state index in [0.717, 1.165) is 29.5 Å². The van der Waals surface area contributed by atoms with Gasteiger partial charge in [0, 0.05) is 37.0 Å². The standard InChI is InChI=1S/C15H21N3OS/c1-10-16-12(9-20-10)8-18-13-4-5-17(7-11-2-3-11)14(13)6-15(18)19/h9,11,13-14H,2-8H2,1H3/t13-,14+/m0/s1. The Morgan fingerprint density at radius 2 is 2.20 bits per heavy atom. The summed E-state index contributed by atoms with van der Waals surface area (Å²) >= 11 is 1.67. The van der Waals surface area contributed by atoms with E-state index >= 15 is 0 Å². The van der Waals surface area contributed by atoms with Gasteiger partial charge in [0.1, 0.15) is 0 Å². The highest BCUT2D eigenvalue weighted by Crippen LogP contribution is 2.37. The maximum Gasteiger partial charge on any atom is 0.224 e. The highest BCUT2D eigenvalue weighted by molar-refractivity contribution is 7.09. The smallest absolute Gasteiger partial charge is 0.224 e. The highest BCUT2D eigenvalue weighted by Gasteiger charge is 2.47. The third-order valence-electron chi connectivity index (χ3n) is 4.92. The fraction of sp³-hybridized carbons (Fsp3) is 0.733. The van der Waals surface area contributed by atoms with Crippen LogP contribution in [0.1, 0.15) is 36.4 Å². The summed E-state index contributed by atoms with van der Waals surface area (Å²) in [4.78, 5) is 21.5. The zero-order valence-electron chi connectivity index (χ0n) is 11.9. The van der Waals surface area contributed by atoms with E-state index in [1.54, 1.807) is 11.3 Å². The molecule has 1 aliphatic carbocycles. The predicted molar refractivity (Wildman–Crippen MR) is 78.5 cm³/mol. The van der Waals surface area contributed by atoms with Gasteiger partial charge in [0.15, 0.2) is 0 Å². The van der Waals surface area contributed by atoms with Crippen molar-refractivity contribution in [2.75, 3.05) is 13.1 Å². The second-order valence-corrected chi connectivity index (χ2v) is 7.51. The molecule has 2 atom stereocenters. The third-order valence-corrected chi connectivity index (χ3v) is 5.74. The Morgan fingerprint density at radius 1 is 1.35 bits per heavy atom. The van der Waals surface area contributed by atoms with Crippen LogP contribution in [0.4, 0.5) is 0 Å². The lowest BCUT2D eigenvalue weighted by molar-refractivity contribution is -0.129. The van der Waals surface area contributed by atoms with Crippen molar-refractivity contribution >= 4 is 17.2 Å². The van der Waals surface area contributed by atoms with Crippen molar-refractivity contribution in [2.24, 2.45) is 5.92 Å². The number of carbonyl (C=O) groups excluding carboxylic acids is 1. The van der Waals surface area contributed by atoms with E-state index in [4.69, 9.17) is 0 Å². The summed E-state index contributed by atoms with van der Waals surface area (Å²) in [7, 11) is 0. The monoisotopic (exact) mass is 291 g/mol. The number of hydrogen-bond acceptors (Lipinski definition) is 4. The van der Waals surface area contributed by atoms with Gasteiger partial charge < -0.3 is 4.90 Å². The first-order valence-electron chi connectivity index (χ1n) is 7.65. The molecule has 20 heavy (non-hydrogen) atoms. The molecule has 2 aliphatic heterocycles. The van der Waals surface area contributed by atoms with Gasteiger partial charge in [0.2, 0.25) is 5.91 Å². The van der Waals surface area contributed by atoms with Gasteiger partial charge in [-0.2, -0.15) is 0 Å². The van der Waals surface area contributed by atoms with E-state index in [2.05, 4.69) is 20.2 Å². The van der Waals surface area contributed by atoms with E-state index in [1.807, 2.05) is 6.92 Å². The minimum atomic E-state index is 0.325. The first-order chi connectivity index (χ1) is 9.70. The van der Waals surface area contributed by atoms with Crippen LogP contribution in [0.25, 0.3) is 0 Å². The number of hydrogen-bond donors (Lipinski definition) is 0.